The van der Waals surface area contributed by atoms with Crippen LogP contribution in [0.25, 0.3) is 0 Å². The van der Waals surface area contributed by atoms with Crippen LogP contribution in [-0.4, -0.2) is 24.0 Å². The molecular formula is C16H25NOS. The number of aryl methyl sites for hydroxylation is 1. The Labute approximate surface area is 121 Å². The van der Waals surface area contributed by atoms with Crippen molar-refractivity contribution in [1.82, 2.24) is 5.32 Å². The summed E-state index contributed by atoms with van der Waals surface area (Å²) in [5.74, 6) is 0. The molecule has 0 aromatic heterocycles. The van der Waals surface area contributed by atoms with E-state index in [1.165, 1.54) is 22.4 Å². The van der Waals surface area contributed by atoms with Gasteiger partial charge < -0.3 is 10.1 Å². The van der Waals surface area contributed by atoms with Gasteiger partial charge in [0.25, 0.3) is 0 Å². The van der Waals surface area contributed by atoms with Crippen molar-refractivity contribution in [3.8, 4) is 0 Å². The van der Waals surface area contributed by atoms with Crippen LogP contribution in [-0.2, 0) is 11.3 Å². The summed E-state index contributed by atoms with van der Waals surface area (Å²) in [7, 11) is 0. The molecule has 2 rings (SSSR count). The Kier molecular flexibility index (Phi) is 5.31. The number of nitrogens with one attached hydrogen (secondary N) is 1. The number of hydrogen-bond donors (Lipinski definition) is 1. The summed E-state index contributed by atoms with van der Waals surface area (Å²) in [5, 5.41) is 4.07. The minimum Gasteiger partial charge on any atom is -0.377 e. The van der Waals surface area contributed by atoms with Crippen molar-refractivity contribution >= 4 is 11.8 Å². The minimum absolute atomic E-state index is 0.381. The van der Waals surface area contributed by atoms with Crippen LogP contribution >= 0.6 is 11.8 Å². The van der Waals surface area contributed by atoms with E-state index < -0.39 is 0 Å². The van der Waals surface area contributed by atoms with Crippen LogP contribution < -0.4 is 5.32 Å². The summed E-state index contributed by atoms with van der Waals surface area (Å²) < 4.78 is 5.64. The molecule has 1 saturated heterocycles. The summed E-state index contributed by atoms with van der Waals surface area (Å²) in [4.78, 5) is 1.40. The third-order valence-corrected chi connectivity index (χ3v) is 5.17. The number of rotatable bonds is 5. The zero-order chi connectivity index (χ0) is 13.8. The van der Waals surface area contributed by atoms with E-state index in [9.17, 15) is 0 Å². The zero-order valence-electron chi connectivity index (χ0n) is 12.4. The van der Waals surface area contributed by atoms with Gasteiger partial charge in [0.05, 0.1) is 6.10 Å². The number of ether oxygens (including phenoxy) is 1. The Hall–Kier alpha value is -0.510. The predicted molar refractivity (Wildman–Crippen MR) is 82.8 cm³/mol. The smallest absolute Gasteiger partial charge is 0.0669 e. The predicted octanol–water partition coefficient (Wildman–Crippen LogP) is 3.76. The van der Waals surface area contributed by atoms with Crippen LogP contribution in [0.3, 0.4) is 0 Å². The molecule has 0 radical (unpaired) electrons. The molecule has 1 aliphatic rings. The fraction of sp³-hybridized carbons (Fsp3) is 0.625. The van der Waals surface area contributed by atoms with Gasteiger partial charge in [0.2, 0.25) is 0 Å². The lowest BCUT2D eigenvalue weighted by Gasteiger charge is -2.16. The average molecular weight is 279 g/mol. The van der Waals surface area contributed by atoms with Crippen LogP contribution in [0.15, 0.2) is 23.1 Å². The van der Waals surface area contributed by atoms with Crippen molar-refractivity contribution in [2.45, 2.75) is 63.0 Å². The van der Waals surface area contributed by atoms with E-state index in [1.54, 1.807) is 0 Å². The standard InChI is InChI=1S/C16H25NOS/c1-11(2)17-10-14-5-6-15(12(3)9-14)19-16-7-8-18-13(16)4/h5-6,9,11,13,16-17H,7-8,10H2,1-4H3. The highest BCUT2D eigenvalue weighted by atomic mass is 32.2. The van der Waals surface area contributed by atoms with Gasteiger partial charge in [0.1, 0.15) is 0 Å². The number of hydrogen-bond acceptors (Lipinski definition) is 3. The summed E-state index contributed by atoms with van der Waals surface area (Å²) in [6.07, 6.45) is 1.55. The largest absolute Gasteiger partial charge is 0.377 e. The first kappa shape index (κ1) is 14.9. The first-order valence-corrected chi connectivity index (χ1v) is 8.05. The van der Waals surface area contributed by atoms with Gasteiger partial charge in [-0.1, -0.05) is 26.0 Å². The highest BCUT2D eigenvalue weighted by molar-refractivity contribution is 8.00. The SMILES string of the molecule is Cc1cc(CNC(C)C)ccc1SC1CCOC1C. The molecule has 1 fully saturated rings. The summed E-state index contributed by atoms with van der Waals surface area (Å²) in [6, 6.07) is 7.34. The van der Waals surface area contributed by atoms with Crippen LogP contribution in [0.5, 0.6) is 0 Å². The van der Waals surface area contributed by atoms with Crippen LogP contribution in [0.4, 0.5) is 0 Å². The number of thioether (sulfide) groups is 1. The molecule has 0 amide bonds. The van der Waals surface area contributed by atoms with Crippen molar-refractivity contribution in [3.05, 3.63) is 29.3 Å². The molecule has 1 aromatic rings. The molecule has 2 atom stereocenters. The normalized spacial score (nSPS) is 23.2. The van der Waals surface area contributed by atoms with Gasteiger partial charge in [-0.2, -0.15) is 0 Å². The fourth-order valence-corrected chi connectivity index (χ4v) is 3.51. The van der Waals surface area contributed by atoms with E-state index in [0.29, 0.717) is 17.4 Å². The van der Waals surface area contributed by atoms with Crippen molar-refractivity contribution < 1.29 is 4.74 Å². The van der Waals surface area contributed by atoms with Crippen molar-refractivity contribution in [3.63, 3.8) is 0 Å². The van der Waals surface area contributed by atoms with Gasteiger partial charge in [-0.15, -0.1) is 11.8 Å². The van der Waals surface area contributed by atoms with Crippen LogP contribution in [0.1, 0.15) is 38.3 Å². The van der Waals surface area contributed by atoms with E-state index >= 15 is 0 Å². The summed E-state index contributed by atoms with van der Waals surface area (Å²) in [5.41, 5.74) is 2.75. The van der Waals surface area contributed by atoms with Crippen molar-refractivity contribution in [1.29, 1.82) is 0 Å². The monoisotopic (exact) mass is 279 g/mol. The highest BCUT2D eigenvalue weighted by Crippen LogP contribution is 2.34. The van der Waals surface area contributed by atoms with E-state index in [-0.39, 0.29) is 0 Å². The maximum absolute atomic E-state index is 5.64. The minimum atomic E-state index is 0.381. The molecule has 19 heavy (non-hydrogen) atoms. The van der Waals surface area contributed by atoms with Crippen molar-refractivity contribution in [2.75, 3.05) is 6.61 Å². The third-order valence-electron chi connectivity index (χ3n) is 3.54. The Morgan fingerprint density at radius 2 is 2.21 bits per heavy atom. The van der Waals surface area contributed by atoms with E-state index in [4.69, 9.17) is 4.74 Å². The molecule has 3 heteroatoms. The lowest BCUT2D eigenvalue weighted by atomic mass is 10.1. The maximum Gasteiger partial charge on any atom is 0.0669 e. The molecule has 2 nitrogen and oxygen atoms in total. The molecular weight excluding hydrogens is 254 g/mol. The van der Waals surface area contributed by atoms with Crippen LogP contribution in [0.2, 0.25) is 0 Å². The van der Waals surface area contributed by atoms with Crippen LogP contribution in [0, 0.1) is 6.92 Å². The first-order valence-electron chi connectivity index (χ1n) is 7.17. The quantitative estimate of drug-likeness (QED) is 0.886. The first-order chi connectivity index (χ1) is 9.06. The molecule has 0 aliphatic carbocycles. The Morgan fingerprint density at radius 3 is 2.79 bits per heavy atom. The maximum atomic E-state index is 5.64. The number of benzene rings is 1. The molecule has 1 aliphatic heterocycles. The molecule has 1 heterocycles. The summed E-state index contributed by atoms with van der Waals surface area (Å²) >= 11 is 1.97. The molecule has 0 bridgehead atoms. The van der Waals surface area contributed by atoms with Gasteiger partial charge in [0, 0.05) is 29.3 Å². The van der Waals surface area contributed by atoms with Gasteiger partial charge in [0.15, 0.2) is 0 Å². The van der Waals surface area contributed by atoms with E-state index in [1.807, 2.05) is 11.8 Å². The van der Waals surface area contributed by atoms with Crippen molar-refractivity contribution in [2.24, 2.45) is 0 Å². The third kappa shape index (κ3) is 4.23. The topological polar surface area (TPSA) is 21.3 Å². The van der Waals surface area contributed by atoms with Gasteiger partial charge in [-0.25, -0.2) is 0 Å². The Bertz CT molecular complexity index is 419. The molecule has 106 valence electrons. The second-order valence-corrected chi connectivity index (χ2v) is 6.94. The molecule has 1 aromatic carbocycles. The Morgan fingerprint density at radius 1 is 1.42 bits per heavy atom. The second-order valence-electron chi connectivity index (χ2n) is 5.66. The fourth-order valence-electron chi connectivity index (χ4n) is 2.31. The lowest BCUT2D eigenvalue weighted by Crippen LogP contribution is -2.21. The molecule has 1 N–H and O–H groups in total. The van der Waals surface area contributed by atoms with Gasteiger partial charge >= 0.3 is 0 Å². The average Bonchev–Trinajstić information content (AvgIpc) is 2.75. The summed E-state index contributed by atoms with van der Waals surface area (Å²) in [6.45, 7) is 10.6. The second kappa shape index (κ2) is 6.78. The van der Waals surface area contributed by atoms with E-state index in [2.05, 4.69) is 51.2 Å². The van der Waals surface area contributed by atoms with Gasteiger partial charge in [-0.3, -0.25) is 0 Å². The Balaban J connectivity index is 1.98. The van der Waals surface area contributed by atoms with Gasteiger partial charge in [-0.05, 0) is 37.5 Å². The zero-order valence-corrected chi connectivity index (χ0v) is 13.2. The molecule has 0 saturated carbocycles. The lowest BCUT2D eigenvalue weighted by molar-refractivity contribution is 0.127. The highest BCUT2D eigenvalue weighted by Gasteiger charge is 2.25. The molecule has 2 unspecified atom stereocenters. The molecule has 0 spiro atoms. The van der Waals surface area contributed by atoms with E-state index in [0.717, 1.165) is 13.2 Å².